The minimum Gasteiger partial charge on any atom is -0.469 e. The van der Waals surface area contributed by atoms with Crippen LogP contribution in [0, 0.1) is 11.3 Å². The van der Waals surface area contributed by atoms with Gasteiger partial charge in [-0.15, -0.1) is 6.58 Å². The van der Waals surface area contributed by atoms with Gasteiger partial charge in [-0.3, -0.25) is 9.59 Å². The normalized spacial score (nSPS) is 28.1. The maximum atomic E-state index is 12.3. The molecule has 0 aromatic heterocycles. The molecule has 0 aromatic carbocycles. The van der Waals surface area contributed by atoms with Crippen LogP contribution < -0.4 is 0 Å². The van der Waals surface area contributed by atoms with E-state index in [4.69, 9.17) is 4.74 Å². The first kappa shape index (κ1) is 16.2. The van der Waals surface area contributed by atoms with Crippen molar-refractivity contribution < 1.29 is 14.3 Å². The number of ether oxygens (including phenoxy) is 1. The van der Waals surface area contributed by atoms with Crippen molar-refractivity contribution in [3.8, 4) is 0 Å². The van der Waals surface area contributed by atoms with Gasteiger partial charge in [0.05, 0.1) is 21.6 Å². The SMILES string of the molecule is C=C([C@]1(C)CCCC(=O)[C@@H]1CC(=O)OC)[Si](C)(C)C. The van der Waals surface area contributed by atoms with Gasteiger partial charge in [-0.2, -0.15) is 0 Å². The Morgan fingerprint density at radius 2 is 2.05 bits per heavy atom. The lowest BCUT2D eigenvalue weighted by atomic mass is 9.65. The van der Waals surface area contributed by atoms with Crippen molar-refractivity contribution in [1.82, 2.24) is 0 Å². The van der Waals surface area contributed by atoms with Crippen molar-refractivity contribution >= 4 is 19.8 Å². The third kappa shape index (κ3) is 3.35. The van der Waals surface area contributed by atoms with Crippen LogP contribution in [-0.2, 0) is 14.3 Å². The second kappa shape index (κ2) is 5.61. The maximum absolute atomic E-state index is 12.3. The highest BCUT2D eigenvalue weighted by molar-refractivity contribution is 6.83. The molecule has 0 aliphatic heterocycles. The van der Waals surface area contributed by atoms with Crippen LogP contribution in [0.1, 0.15) is 32.6 Å². The summed E-state index contributed by atoms with van der Waals surface area (Å²) in [7, 11) is -0.176. The zero-order valence-corrected chi connectivity index (χ0v) is 13.8. The fourth-order valence-electron chi connectivity index (χ4n) is 3.14. The molecule has 3 nitrogen and oxygen atoms in total. The van der Waals surface area contributed by atoms with Crippen LogP contribution in [0.4, 0.5) is 0 Å². The van der Waals surface area contributed by atoms with E-state index in [1.165, 1.54) is 12.3 Å². The van der Waals surface area contributed by atoms with E-state index in [2.05, 4.69) is 33.1 Å². The number of hydrogen-bond donors (Lipinski definition) is 0. The van der Waals surface area contributed by atoms with E-state index in [-0.39, 0.29) is 29.5 Å². The lowest BCUT2D eigenvalue weighted by molar-refractivity contribution is -0.146. The lowest BCUT2D eigenvalue weighted by Gasteiger charge is -2.45. The fourth-order valence-corrected chi connectivity index (χ4v) is 5.15. The van der Waals surface area contributed by atoms with E-state index in [9.17, 15) is 9.59 Å². The number of carbonyl (C=O) groups is 2. The highest BCUT2D eigenvalue weighted by atomic mass is 28.3. The molecule has 0 N–H and O–H groups in total. The number of rotatable bonds is 4. The first-order valence-corrected chi connectivity index (χ1v) is 10.4. The van der Waals surface area contributed by atoms with Crippen LogP contribution in [0.2, 0.25) is 19.6 Å². The highest BCUT2D eigenvalue weighted by Gasteiger charge is 2.47. The number of ketones is 1. The molecule has 1 aliphatic rings. The molecule has 108 valence electrons. The molecule has 0 heterocycles. The van der Waals surface area contributed by atoms with Gasteiger partial charge < -0.3 is 4.74 Å². The van der Waals surface area contributed by atoms with E-state index in [0.29, 0.717) is 6.42 Å². The molecule has 0 unspecified atom stereocenters. The molecule has 1 fully saturated rings. The molecule has 1 aliphatic carbocycles. The van der Waals surface area contributed by atoms with Crippen LogP contribution in [0.25, 0.3) is 0 Å². The van der Waals surface area contributed by atoms with Crippen molar-refractivity contribution in [2.24, 2.45) is 11.3 Å². The Morgan fingerprint density at radius 3 is 2.53 bits per heavy atom. The highest BCUT2D eigenvalue weighted by Crippen LogP contribution is 2.48. The Bertz CT molecular complexity index is 395. The molecule has 0 amide bonds. The zero-order valence-electron chi connectivity index (χ0n) is 12.8. The Hall–Kier alpha value is -0.903. The van der Waals surface area contributed by atoms with E-state index in [0.717, 1.165) is 12.8 Å². The lowest BCUT2D eigenvalue weighted by Crippen LogP contribution is -2.46. The number of methoxy groups -OCH3 is 1. The summed E-state index contributed by atoms with van der Waals surface area (Å²) < 4.78 is 4.75. The standard InChI is InChI=1S/C15H26O3Si/c1-11(19(4,5)6)15(2)9-7-8-13(16)12(15)10-14(17)18-3/h12H,1,7-10H2,2-6H3/t12-,15-/m0/s1. The summed E-state index contributed by atoms with van der Waals surface area (Å²) in [5, 5.41) is 1.20. The Morgan fingerprint density at radius 1 is 1.47 bits per heavy atom. The zero-order chi connectivity index (χ0) is 14.8. The molecular weight excluding hydrogens is 256 g/mol. The third-order valence-corrected chi connectivity index (χ3v) is 6.85. The van der Waals surface area contributed by atoms with E-state index >= 15 is 0 Å². The van der Waals surface area contributed by atoms with Gasteiger partial charge in [0.1, 0.15) is 5.78 Å². The minimum absolute atomic E-state index is 0.190. The summed E-state index contributed by atoms with van der Waals surface area (Å²) >= 11 is 0. The Labute approximate surface area is 117 Å². The van der Waals surface area contributed by atoms with Crippen LogP contribution >= 0.6 is 0 Å². The molecule has 0 spiro atoms. The van der Waals surface area contributed by atoms with Crippen LogP contribution in [-0.4, -0.2) is 26.9 Å². The molecule has 2 atom stereocenters. The van der Waals surface area contributed by atoms with Gasteiger partial charge in [-0.25, -0.2) is 0 Å². The fraction of sp³-hybridized carbons (Fsp3) is 0.733. The van der Waals surface area contributed by atoms with Gasteiger partial charge in [0, 0.05) is 12.3 Å². The minimum atomic E-state index is -1.55. The second-order valence-electron chi connectivity index (χ2n) is 6.80. The third-order valence-electron chi connectivity index (χ3n) is 4.47. The largest absolute Gasteiger partial charge is 0.469 e. The molecule has 0 saturated heterocycles. The molecule has 19 heavy (non-hydrogen) atoms. The van der Waals surface area contributed by atoms with E-state index in [1.54, 1.807) is 0 Å². The van der Waals surface area contributed by atoms with Gasteiger partial charge in [-0.05, 0) is 18.3 Å². The number of allylic oxidation sites excluding steroid dienone is 1. The number of carbonyl (C=O) groups excluding carboxylic acids is 2. The van der Waals surface area contributed by atoms with Gasteiger partial charge >= 0.3 is 5.97 Å². The first-order valence-electron chi connectivity index (χ1n) is 6.92. The van der Waals surface area contributed by atoms with Crippen molar-refractivity contribution in [3.05, 3.63) is 11.8 Å². The summed E-state index contributed by atoms with van der Waals surface area (Å²) in [6.07, 6.45) is 2.62. The average Bonchev–Trinajstić information content (AvgIpc) is 2.31. The van der Waals surface area contributed by atoms with Gasteiger partial charge in [0.2, 0.25) is 0 Å². The Balaban J connectivity index is 3.08. The van der Waals surface area contributed by atoms with Crippen LogP contribution in [0.15, 0.2) is 11.8 Å². The van der Waals surface area contributed by atoms with E-state index < -0.39 is 8.07 Å². The van der Waals surface area contributed by atoms with E-state index in [1.807, 2.05) is 0 Å². The molecule has 0 aromatic rings. The summed E-state index contributed by atoms with van der Waals surface area (Å²) in [4.78, 5) is 23.9. The van der Waals surface area contributed by atoms with Crippen molar-refractivity contribution in [2.75, 3.05) is 7.11 Å². The van der Waals surface area contributed by atoms with Crippen LogP contribution in [0.3, 0.4) is 0 Å². The molecule has 0 radical (unpaired) electrons. The molecule has 1 rings (SSSR count). The van der Waals surface area contributed by atoms with Gasteiger partial charge in [-0.1, -0.05) is 31.8 Å². The van der Waals surface area contributed by atoms with Crippen molar-refractivity contribution in [2.45, 2.75) is 52.2 Å². The van der Waals surface area contributed by atoms with Gasteiger partial charge in [0.25, 0.3) is 0 Å². The predicted molar refractivity (Wildman–Crippen MR) is 79.6 cm³/mol. The number of Topliss-reactive ketones (excluding diaryl/α,β-unsaturated/α-hetero) is 1. The van der Waals surface area contributed by atoms with Crippen molar-refractivity contribution in [1.29, 1.82) is 0 Å². The molecule has 1 saturated carbocycles. The van der Waals surface area contributed by atoms with Crippen molar-refractivity contribution in [3.63, 3.8) is 0 Å². The summed E-state index contributed by atoms with van der Waals surface area (Å²) in [6, 6.07) is 0. The quantitative estimate of drug-likeness (QED) is 0.586. The Kier molecular flexibility index (Phi) is 4.77. The van der Waals surface area contributed by atoms with Crippen LogP contribution in [0.5, 0.6) is 0 Å². The maximum Gasteiger partial charge on any atom is 0.306 e. The average molecular weight is 282 g/mol. The smallest absolute Gasteiger partial charge is 0.306 e. The monoisotopic (exact) mass is 282 g/mol. The molecule has 4 heteroatoms. The summed E-state index contributed by atoms with van der Waals surface area (Å²) in [5.41, 5.74) is -0.242. The molecule has 0 bridgehead atoms. The first-order chi connectivity index (χ1) is 8.63. The summed E-state index contributed by atoms with van der Waals surface area (Å²) in [5.74, 6) is -0.360. The number of hydrogen-bond acceptors (Lipinski definition) is 3. The van der Waals surface area contributed by atoms with Gasteiger partial charge in [0.15, 0.2) is 0 Å². The predicted octanol–water partition coefficient (Wildman–Crippen LogP) is 3.36. The number of esters is 1. The topological polar surface area (TPSA) is 43.4 Å². The summed E-state index contributed by atoms with van der Waals surface area (Å²) in [6.45, 7) is 13.1. The second-order valence-corrected chi connectivity index (χ2v) is 11.9. The molecular formula is C15H26O3Si.